The molecule has 0 aliphatic carbocycles. The molecular weight excluding hydrogens is 426 g/mol. The van der Waals surface area contributed by atoms with E-state index in [1.807, 2.05) is 13.8 Å². The molecular formula is C24H23N3O4S. The zero-order chi connectivity index (χ0) is 22.9. The zero-order valence-corrected chi connectivity index (χ0v) is 18.6. The molecule has 1 aliphatic heterocycles. The summed E-state index contributed by atoms with van der Waals surface area (Å²) in [6, 6.07) is 15.7. The number of hydrogen-bond acceptors (Lipinski definition) is 5. The van der Waals surface area contributed by atoms with Crippen molar-refractivity contribution in [2.24, 2.45) is 0 Å². The summed E-state index contributed by atoms with van der Waals surface area (Å²) in [7, 11) is -4.06. The minimum absolute atomic E-state index is 0.0704. The van der Waals surface area contributed by atoms with E-state index in [-0.39, 0.29) is 17.9 Å². The minimum atomic E-state index is -4.06. The molecule has 1 unspecified atom stereocenters. The number of imide groups is 1. The van der Waals surface area contributed by atoms with Gasteiger partial charge in [0.05, 0.1) is 17.0 Å². The Labute approximate surface area is 187 Å². The van der Waals surface area contributed by atoms with Gasteiger partial charge in [-0.2, -0.15) is 4.31 Å². The molecule has 0 radical (unpaired) electrons. The fraction of sp³-hybridized carbons (Fsp3) is 0.208. The lowest BCUT2D eigenvalue weighted by atomic mass is 10.2. The van der Waals surface area contributed by atoms with Crippen LogP contribution in [0.15, 0.2) is 78.0 Å². The first-order valence-corrected chi connectivity index (χ1v) is 11.6. The number of carbonyl (C=O) groups is 2. The quantitative estimate of drug-likeness (QED) is 0.539. The van der Waals surface area contributed by atoms with E-state index >= 15 is 0 Å². The Hall–Kier alpha value is -3.36. The van der Waals surface area contributed by atoms with Crippen LogP contribution in [-0.4, -0.2) is 35.6 Å². The maximum absolute atomic E-state index is 13.6. The number of pyridine rings is 1. The van der Waals surface area contributed by atoms with Gasteiger partial charge in [0.2, 0.25) is 15.9 Å². The molecule has 32 heavy (non-hydrogen) atoms. The summed E-state index contributed by atoms with van der Waals surface area (Å²) in [5.74, 6) is -0.988. The van der Waals surface area contributed by atoms with Crippen LogP contribution in [-0.2, 0) is 26.2 Å². The molecule has 1 aromatic heterocycles. The predicted octanol–water partition coefficient (Wildman–Crippen LogP) is 3.22. The lowest BCUT2D eigenvalue weighted by molar-refractivity contribution is -0.122. The van der Waals surface area contributed by atoms with E-state index in [2.05, 4.69) is 4.98 Å². The highest BCUT2D eigenvalue weighted by atomic mass is 32.2. The number of amides is 2. The van der Waals surface area contributed by atoms with Gasteiger partial charge in [-0.05, 0) is 49.7 Å². The van der Waals surface area contributed by atoms with Gasteiger partial charge in [-0.3, -0.25) is 14.6 Å². The van der Waals surface area contributed by atoms with Crippen LogP contribution in [0.2, 0.25) is 0 Å². The van der Waals surface area contributed by atoms with E-state index < -0.39 is 27.9 Å². The van der Waals surface area contributed by atoms with Crippen molar-refractivity contribution < 1.29 is 18.0 Å². The topological polar surface area (TPSA) is 87.7 Å². The molecule has 164 valence electrons. The molecule has 1 saturated heterocycles. The lowest BCUT2D eigenvalue weighted by Crippen LogP contribution is -2.45. The fourth-order valence-corrected chi connectivity index (χ4v) is 5.26. The van der Waals surface area contributed by atoms with E-state index in [4.69, 9.17) is 0 Å². The summed E-state index contributed by atoms with van der Waals surface area (Å²) in [5.41, 5.74) is 2.96. The maximum Gasteiger partial charge on any atom is 0.252 e. The predicted molar refractivity (Wildman–Crippen MR) is 120 cm³/mol. The summed E-state index contributed by atoms with van der Waals surface area (Å²) in [6.45, 7) is 3.70. The molecule has 1 aliphatic rings. The van der Waals surface area contributed by atoms with Crippen LogP contribution >= 0.6 is 0 Å². The van der Waals surface area contributed by atoms with Gasteiger partial charge in [-0.25, -0.2) is 13.3 Å². The van der Waals surface area contributed by atoms with E-state index in [1.54, 1.807) is 60.9 Å². The van der Waals surface area contributed by atoms with Crippen LogP contribution < -0.4 is 4.90 Å². The molecule has 4 rings (SSSR count). The first-order valence-electron chi connectivity index (χ1n) is 10.2. The minimum Gasteiger partial charge on any atom is -0.274 e. The smallest absolute Gasteiger partial charge is 0.252 e. The highest BCUT2D eigenvalue weighted by Crippen LogP contribution is 2.30. The number of rotatable bonds is 6. The molecule has 2 amide bonds. The number of nitrogens with zero attached hydrogens (tertiary/aromatic N) is 3. The average Bonchev–Trinajstić information content (AvgIpc) is 3.07. The third-order valence-corrected chi connectivity index (χ3v) is 7.32. The van der Waals surface area contributed by atoms with Crippen LogP contribution in [0.3, 0.4) is 0 Å². The van der Waals surface area contributed by atoms with Gasteiger partial charge in [0, 0.05) is 18.9 Å². The van der Waals surface area contributed by atoms with Crippen molar-refractivity contribution in [3.63, 3.8) is 0 Å². The van der Waals surface area contributed by atoms with Crippen LogP contribution in [0.4, 0.5) is 5.69 Å². The first kappa shape index (κ1) is 21.9. The largest absolute Gasteiger partial charge is 0.274 e. The van der Waals surface area contributed by atoms with Gasteiger partial charge < -0.3 is 0 Å². The number of anilines is 1. The molecule has 0 N–H and O–H groups in total. The third-order valence-electron chi connectivity index (χ3n) is 5.45. The monoisotopic (exact) mass is 449 g/mol. The van der Waals surface area contributed by atoms with Crippen molar-refractivity contribution in [2.75, 3.05) is 4.90 Å². The van der Waals surface area contributed by atoms with E-state index in [0.717, 1.165) is 20.3 Å². The molecule has 2 heterocycles. The molecule has 0 spiro atoms. The SMILES string of the molecule is Cc1ccc(N2C(=O)CC(N(Cc3cccnc3)S(=O)(=O)c3ccc(C)cc3)C2=O)cc1. The van der Waals surface area contributed by atoms with Gasteiger partial charge in [-0.1, -0.05) is 41.5 Å². The van der Waals surface area contributed by atoms with Crippen molar-refractivity contribution in [3.8, 4) is 0 Å². The molecule has 0 saturated carbocycles. The van der Waals surface area contributed by atoms with Crippen molar-refractivity contribution in [3.05, 3.63) is 89.7 Å². The molecule has 0 bridgehead atoms. The maximum atomic E-state index is 13.6. The number of benzene rings is 2. The van der Waals surface area contributed by atoms with Crippen molar-refractivity contribution in [1.29, 1.82) is 0 Å². The highest BCUT2D eigenvalue weighted by molar-refractivity contribution is 7.89. The summed E-state index contributed by atoms with van der Waals surface area (Å²) in [4.78, 5) is 31.4. The summed E-state index contributed by atoms with van der Waals surface area (Å²) >= 11 is 0. The molecule has 1 atom stereocenters. The second-order valence-electron chi connectivity index (χ2n) is 7.85. The normalized spacial score (nSPS) is 16.7. The molecule has 1 fully saturated rings. The summed E-state index contributed by atoms with van der Waals surface area (Å²) in [5, 5.41) is 0. The Morgan fingerprint density at radius 1 is 0.969 bits per heavy atom. The van der Waals surface area contributed by atoms with E-state index in [1.165, 1.54) is 12.1 Å². The molecule has 8 heteroatoms. The first-order chi connectivity index (χ1) is 15.3. The van der Waals surface area contributed by atoms with E-state index in [0.29, 0.717) is 11.3 Å². The van der Waals surface area contributed by atoms with Gasteiger partial charge >= 0.3 is 0 Å². The number of sulfonamides is 1. The summed E-state index contributed by atoms with van der Waals surface area (Å²) < 4.78 is 28.3. The van der Waals surface area contributed by atoms with Crippen molar-refractivity contribution in [2.45, 2.75) is 37.8 Å². The number of aryl methyl sites for hydroxylation is 2. The average molecular weight is 450 g/mol. The van der Waals surface area contributed by atoms with Gasteiger partial charge in [0.1, 0.15) is 6.04 Å². The Balaban J connectivity index is 1.74. The number of aromatic nitrogens is 1. The fourth-order valence-electron chi connectivity index (χ4n) is 3.69. The van der Waals surface area contributed by atoms with Crippen LogP contribution in [0.1, 0.15) is 23.1 Å². The molecule has 7 nitrogen and oxygen atoms in total. The highest BCUT2D eigenvalue weighted by Gasteiger charge is 2.47. The van der Waals surface area contributed by atoms with Crippen LogP contribution in [0, 0.1) is 13.8 Å². The van der Waals surface area contributed by atoms with Crippen molar-refractivity contribution in [1.82, 2.24) is 9.29 Å². The number of hydrogen-bond donors (Lipinski definition) is 0. The Morgan fingerprint density at radius 3 is 2.19 bits per heavy atom. The summed E-state index contributed by atoms with van der Waals surface area (Å²) in [6.07, 6.45) is 2.92. The standard InChI is InChI=1S/C24H23N3O4S/c1-17-5-9-20(10-6-17)27-23(28)14-22(24(27)29)26(16-19-4-3-13-25-15-19)32(30,31)21-11-7-18(2)8-12-21/h3-13,15,22H,14,16H2,1-2H3. The lowest BCUT2D eigenvalue weighted by Gasteiger charge is -2.27. The van der Waals surface area contributed by atoms with Crippen LogP contribution in [0.25, 0.3) is 0 Å². The van der Waals surface area contributed by atoms with Crippen LogP contribution in [0.5, 0.6) is 0 Å². The zero-order valence-electron chi connectivity index (χ0n) is 17.8. The second-order valence-corrected chi connectivity index (χ2v) is 9.74. The third kappa shape index (κ3) is 4.19. The van der Waals surface area contributed by atoms with Gasteiger partial charge in [0.15, 0.2) is 0 Å². The Kier molecular flexibility index (Phi) is 5.90. The molecule has 3 aromatic rings. The van der Waals surface area contributed by atoms with Crippen molar-refractivity contribution >= 4 is 27.5 Å². The van der Waals surface area contributed by atoms with Gasteiger partial charge in [0.25, 0.3) is 5.91 Å². The van der Waals surface area contributed by atoms with Gasteiger partial charge in [-0.15, -0.1) is 0 Å². The Bertz CT molecular complexity index is 1240. The van der Waals surface area contributed by atoms with E-state index in [9.17, 15) is 18.0 Å². The second kappa shape index (κ2) is 8.64. The Morgan fingerprint density at radius 2 is 1.59 bits per heavy atom. The molecule has 2 aromatic carbocycles. The number of carbonyl (C=O) groups excluding carboxylic acids is 2.